The number of carbonyl (C=O) groups is 1. The minimum absolute atomic E-state index is 0.130. The van der Waals surface area contributed by atoms with E-state index in [0.29, 0.717) is 11.3 Å². The van der Waals surface area contributed by atoms with E-state index in [4.69, 9.17) is 9.47 Å². The molecule has 0 N–H and O–H groups in total. The minimum atomic E-state index is -4.48. The van der Waals surface area contributed by atoms with Crippen molar-refractivity contribution in [1.29, 1.82) is 0 Å². The van der Waals surface area contributed by atoms with Gasteiger partial charge < -0.3 is 14.4 Å². The van der Waals surface area contributed by atoms with Gasteiger partial charge in [-0.3, -0.25) is 4.79 Å². The molecule has 138 valence electrons. The maximum absolute atomic E-state index is 12.8. The molecule has 4 nitrogen and oxygen atoms in total. The highest BCUT2D eigenvalue weighted by Crippen LogP contribution is 2.30. The molecule has 1 aliphatic rings. The number of nitrogens with zero attached hydrogens (tertiary/aromatic N) is 1. The topological polar surface area (TPSA) is 38.8 Å². The zero-order chi connectivity index (χ0) is 18.7. The Morgan fingerprint density at radius 1 is 1.15 bits per heavy atom. The lowest BCUT2D eigenvalue weighted by molar-refractivity contribution is -0.233. The minimum Gasteiger partial charge on any atom is -0.496 e. The number of rotatable bonds is 3. The van der Waals surface area contributed by atoms with Gasteiger partial charge in [0, 0.05) is 17.7 Å². The van der Waals surface area contributed by atoms with E-state index in [9.17, 15) is 18.0 Å². The van der Waals surface area contributed by atoms with Crippen LogP contribution in [0, 0.1) is 0 Å². The van der Waals surface area contributed by atoms with Crippen LogP contribution < -0.4 is 4.74 Å². The number of benzene rings is 2. The fraction of sp³-hybridized carbons (Fsp3) is 0.316. The summed E-state index contributed by atoms with van der Waals surface area (Å²) in [6.45, 7) is -0.481. The van der Waals surface area contributed by atoms with Crippen LogP contribution in [-0.2, 0) is 4.74 Å². The largest absolute Gasteiger partial charge is 0.496 e. The average molecular weight is 365 g/mol. The molecule has 2 aromatic rings. The molecular formula is C19H18F3NO3. The fourth-order valence-electron chi connectivity index (χ4n) is 2.89. The summed E-state index contributed by atoms with van der Waals surface area (Å²) in [7, 11) is 1.58. The molecule has 3 rings (SSSR count). The highest BCUT2D eigenvalue weighted by atomic mass is 19.4. The van der Waals surface area contributed by atoms with Crippen LogP contribution in [0.1, 0.15) is 10.4 Å². The van der Waals surface area contributed by atoms with E-state index in [-0.39, 0.29) is 13.2 Å². The van der Waals surface area contributed by atoms with Gasteiger partial charge in [-0.1, -0.05) is 30.3 Å². The first-order valence-corrected chi connectivity index (χ1v) is 8.11. The number of hydrogen-bond acceptors (Lipinski definition) is 3. The van der Waals surface area contributed by atoms with Gasteiger partial charge in [-0.05, 0) is 23.8 Å². The molecule has 0 saturated carbocycles. The van der Waals surface area contributed by atoms with Crippen molar-refractivity contribution in [3.63, 3.8) is 0 Å². The number of morpholine rings is 1. The van der Waals surface area contributed by atoms with Crippen molar-refractivity contribution in [3.05, 3.63) is 54.1 Å². The molecule has 26 heavy (non-hydrogen) atoms. The van der Waals surface area contributed by atoms with Crippen molar-refractivity contribution in [2.45, 2.75) is 12.3 Å². The Kier molecular flexibility index (Phi) is 5.18. The number of para-hydroxylation sites is 1. The predicted octanol–water partition coefficient (Wildman–Crippen LogP) is 3.77. The quantitative estimate of drug-likeness (QED) is 0.831. The van der Waals surface area contributed by atoms with Crippen LogP contribution in [0.25, 0.3) is 11.1 Å². The maximum Gasteiger partial charge on any atom is 0.416 e. The molecule has 7 heteroatoms. The molecule has 1 saturated heterocycles. The zero-order valence-corrected chi connectivity index (χ0v) is 14.1. The molecule has 0 spiro atoms. The number of methoxy groups -OCH3 is 1. The number of amides is 1. The van der Waals surface area contributed by atoms with Crippen LogP contribution in [0.15, 0.2) is 48.5 Å². The Hall–Kier alpha value is -2.54. The van der Waals surface area contributed by atoms with E-state index in [2.05, 4.69) is 0 Å². The van der Waals surface area contributed by atoms with Crippen molar-refractivity contribution in [2.24, 2.45) is 0 Å². The van der Waals surface area contributed by atoms with Gasteiger partial charge in [-0.15, -0.1) is 0 Å². The number of halogens is 3. The molecule has 1 heterocycles. The molecule has 1 aliphatic heterocycles. The van der Waals surface area contributed by atoms with E-state index in [1.807, 2.05) is 24.3 Å². The third kappa shape index (κ3) is 3.83. The van der Waals surface area contributed by atoms with E-state index in [0.717, 1.165) is 11.1 Å². The summed E-state index contributed by atoms with van der Waals surface area (Å²) >= 11 is 0. The van der Waals surface area contributed by atoms with Gasteiger partial charge in [0.1, 0.15) is 5.75 Å². The van der Waals surface area contributed by atoms with Crippen LogP contribution in [0.3, 0.4) is 0 Å². The fourth-order valence-corrected chi connectivity index (χ4v) is 2.89. The number of alkyl halides is 3. The highest BCUT2D eigenvalue weighted by Gasteiger charge is 2.44. The van der Waals surface area contributed by atoms with Crippen LogP contribution >= 0.6 is 0 Å². The standard InChI is InChI=1S/C19H18F3NO3/c1-25-16-5-3-2-4-15(16)13-6-8-14(9-7-13)18(24)23-10-11-26-17(12-23)19(20,21)22/h2-9,17H,10-12H2,1H3. The Morgan fingerprint density at radius 2 is 1.85 bits per heavy atom. The molecule has 0 aromatic heterocycles. The molecule has 0 bridgehead atoms. The lowest BCUT2D eigenvalue weighted by atomic mass is 10.0. The highest BCUT2D eigenvalue weighted by molar-refractivity contribution is 5.95. The van der Waals surface area contributed by atoms with E-state index >= 15 is 0 Å². The molecule has 1 fully saturated rings. The molecule has 0 radical (unpaired) electrons. The van der Waals surface area contributed by atoms with Crippen molar-refractivity contribution >= 4 is 5.91 Å². The molecule has 0 aliphatic carbocycles. The van der Waals surface area contributed by atoms with E-state index in [1.54, 1.807) is 31.4 Å². The maximum atomic E-state index is 12.8. The van der Waals surface area contributed by atoms with Crippen molar-refractivity contribution in [1.82, 2.24) is 4.90 Å². The molecule has 1 unspecified atom stereocenters. The van der Waals surface area contributed by atoms with Gasteiger partial charge in [-0.2, -0.15) is 13.2 Å². The summed E-state index contributed by atoms with van der Waals surface area (Å²) < 4.78 is 48.5. The van der Waals surface area contributed by atoms with Gasteiger partial charge >= 0.3 is 6.18 Å². The SMILES string of the molecule is COc1ccccc1-c1ccc(C(=O)N2CCOC(C(F)(F)F)C2)cc1. The number of hydrogen-bond donors (Lipinski definition) is 0. The second-order valence-corrected chi connectivity index (χ2v) is 5.93. The van der Waals surface area contributed by atoms with Crippen molar-refractivity contribution in [2.75, 3.05) is 26.8 Å². The van der Waals surface area contributed by atoms with Crippen LogP contribution in [0.5, 0.6) is 5.75 Å². The zero-order valence-electron chi connectivity index (χ0n) is 14.1. The Bertz CT molecular complexity index is 774. The van der Waals surface area contributed by atoms with Gasteiger partial charge in [0.15, 0.2) is 6.10 Å². The first kappa shape index (κ1) is 18.3. The molecular weight excluding hydrogens is 347 g/mol. The Balaban J connectivity index is 1.77. The monoisotopic (exact) mass is 365 g/mol. The number of ether oxygens (including phenoxy) is 2. The van der Waals surface area contributed by atoms with Gasteiger partial charge in [-0.25, -0.2) is 0 Å². The molecule has 1 amide bonds. The van der Waals surface area contributed by atoms with Gasteiger partial charge in [0.25, 0.3) is 5.91 Å². The first-order chi connectivity index (χ1) is 12.4. The summed E-state index contributed by atoms with van der Waals surface area (Å²) in [5.41, 5.74) is 2.07. The summed E-state index contributed by atoms with van der Waals surface area (Å²) in [5, 5.41) is 0. The lowest BCUT2D eigenvalue weighted by Gasteiger charge is -2.33. The second kappa shape index (κ2) is 7.37. The molecule has 1 atom stereocenters. The summed E-state index contributed by atoms with van der Waals surface area (Å²) in [6.07, 6.45) is -6.42. The predicted molar refractivity (Wildman–Crippen MR) is 90.1 cm³/mol. The first-order valence-electron chi connectivity index (χ1n) is 8.11. The average Bonchev–Trinajstić information content (AvgIpc) is 2.67. The van der Waals surface area contributed by atoms with Crippen molar-refractivity contribution in [3.8, 4) is 16.9 Å². The van der Waals surface area contributed by atoms with Crippen LogP contribution in [0.2, 0.25) is 0 Å². The Morgan fingerprint density at radius 3 is 2.50 bits per heavy atom. The second-order valence-electron chi connectivity index (χ2n) is 5.93. The van der Waals surface area contributed by atoms with Crippen LogP contribution in [0.4, 0.5) is 13.2 Å². The smallest absolute Gasteiger partial charge is 0.416 e. The van der Waals surface area contributed by atoms with Crippen LogP contribution in [-0.4, -0.2) is 49.9 Å². The third-order valence-corrected chi connectivity index (χ3v) is 4.27. The summed E-state index contributed by atoms with van der Waals surface area (Å²) in [6, 6.07) is 14.2. The summed E-state index contributed by atoms with van der Waals surface area (Å²) in [5.74, 6) is 0.266. The Labute approximate surface area is 149 Å². The lowest BCUT2D eigenvalue weighted by Crippen LogP contribution is -2.51. The van der Waals surface area contributed by atoms with Gasteiger partial charge in [0.2, 0.25) is 0 Å². The van der Waals surface area contributed by atoms with Crippen molar-refractivity contribution < 1.29 is 27.4 Å². The number of carbonyl (C=O) groups excluding carboxylic acids is 1. The van der Waals surface area contributed by atoms with Gasteiger partial charge in [0.05, 0.1) is 20.3 Å². The molecule has 2 aromatic carbocycles. The van der Waals surface area contributed by atoms with E-state index < -0.39 is 24.7 Å². The van der Waals surface area contributed by atoms with E-state index in [1.165, 1.54) is 4.90 Å². The summed E-state index contributed by atoms with van der Waals surface area (Å²) in [4.78, 5) is 13.7. The third-order valence-electron chi connectivity index (χ3n) is 4.27. The normalized spacial score (nSPS) is 17.8.